The lowest BCUT2D eigenvalue weighted by Gasteiger charge is -2.58. The number of sulfonamides is 1. The number of ether oxygens (including phenoxy) is 1. The third-order valence-electron chi connectivity index (χ3n) is 8.04. The molecule has 2 amide bonds. The van der Waals surface area contributed by atoms with Crippen LogP contribution in [0, 0.1) is 23.2 Å². The Kier molecular flexibility index (Phi) is 5.82. The van der Waals surface area contributed by atoms with Crippen molar-refractivity contribution in [2.45, 2.75) is 68.3 Å². The molecule has 1 aromatic carbocycles. The first-order valence-electron chi connectivity index (χ1n) is 11.8. The Morgan fingerprint density at radius 1 is 1.09 bits per heavy atom. The lowest BCUT2D eigenvalue weighted by molar-refractivity contribution is -0.274. The van der Waals surface area contributed by atoms with E-state index in [0.717, 1.165) is 47.8 Å². The average Bonchev–Trinajstić information content (AvgIpc) is 3.58. The summed E-state index contributed by atoms with van der Waals surface area (Å²) in [5.41, 5.74) is 5.24. The molecular formula is C23H28F3N3O5S. The molecule has 192 valence electrons. The number of nitrogens with one attached hydrogen (secondary N) is 1. The number of halogens is 3. The maximum Gasteiger partial charge on any atom is 0.573 e. The van der Waals surface area contributed by atoms with Crippen LogP contribution in [-0.4, -0.2) is 49.5 Å². The first kappa shape index (κ1) is 24.4. The molecule has 2 unspecified atom stereocenters. The van der Waals surface area contributed by atoms with Gasteiger partial charge in [0.2, 0.25) is 21.8 Å². The molecule has 5 saturated carbocycles. The molecule has 0 saturated heterocycles. The van der Waals surface area contributed by atoms with Crippen molar-refractivity contribution in [1.29, 1.82) is 0 Å². The van der Waals surface area contributed by atoms with Gasteiger partial charge in [-0.2, -0.15) is 4.31 Å². The number of amides is 2. The van der Waals surface area contributed by atoms with Gasteiger partial charge in [-0.3, -0.25) is 9.59 Å². The van der Waals surface area contributed by atoms with Crippen molar-refractivity contribution in [1.82, 2.24) is 9.62 Å². The zero-order valence-electron chi connectivity index (χ0n) is 19.0. The zero-order valence-corrected chi connectivity index (χ0v) is 19.8. The first-order chi connectivity index (χ1) is 16.4. The molecule has 0 aliphatic heterocycles. The topological polar surface area (TPSA) is 119 Å². The highest BCUT2D eigenvalue weighted by molar-refractivity contribution is 7.89. The van der Waals surface area contributed by atoms with Crippen LogP contribution in [0.3, 0.4) is 0 Å². The molecule has 2 atom stereocenters. The van der Waals surface area contributed by atoms with Gasteiger partial charge in [0.25, 0.3) is 0 Å². The van der Waals surface area contributed by atoms with Crippen molar-refractivity contribution < 1.29 is 35.9 Å². The maximum absolute atomic E-state index is 13.2. The summed E-state index contributed by atoms with van der Waals surface area (Å²) in [6.07, 6.45) is 0.304. The lowest BCUT2D eigenvalue weighted by atomic mass is 9.47. The van der Waals surface area contributed by atoms with Gasteiger partial charge >= 0.3 is 6.36 Å². The quantitative estimate of drug-likeness (QED) is 0.552. The lowest BCUT2D eigenvalue weighted by Crippen LogP contribution is -2.62. The summed E-state index contributed by atoms with van der Waals surface area (Å²) in [5, 5.41) is 3.05. The number of hydrogen-bond acceptors (Lipinski definition) is 5. The minimum atomic E-state index is -4.88. The van der Waals surface area contributed by atoms with Gasteiger partial charge < -0.3 is 15.8 Å². The summed E-state index contributed by atoms with van der Waals surface area (Å²) >= 11 is 0. The normalized spacial score (nSPS) is 32.0. The standard InChI is InChI=1S/C23H28F3N3O5S/c24-23(25,26)34-17-3-5-18(6-4-17)35(32,33)29(16-1-2-16)12-19(30)28-20-14-7-13-8-15(20)11-22(9-13,10-14)21(27)31/h3-6,13-16,20H,1-2,7-12H2,(H2,27,31)(H,28,30). The second-order valence-corrected chi connectivity index (χ2v) is 12.4. The van der Waals surface area contributed by atoms with E-state index in [4.69, 9.17) is 5.73 Å². The number of hydrogen-bond donors (Lipinski definition) is 2. The van der Waals surface area contributed by atoms with Crippen LogP contribution in [0.15, 0.2) is 29.2 Å². The van der Waals surface area contributed by atoms with Crippen LogP contribution in [0.5, 0.6) is 5.75 Å². The van der Waals surface area contributed by atoms with Crippen LogP contribution >= 0.6 is 0 Å². The molecular weight excluding hydrogens is 487 g/mol. The van der Waals surface area contributed by atoms with Gasteiger partial charge in [0.15, 0.2) is 0 Å². The van der Waals surface area contributed by atoms with Crippen LogP contribution in [-0.2, 0) is 19.6 Å². The van der Waals surface area contributed by atoms with E-state index in [1.165, 1.54) is 0 Å². The molecule has 3 N–H and O–H groups in total. The fourth-order valence-corrected chi connectivity index (χ4v) is 8.30. The van der Waals surface area contributed by atoms with Gasteiger partial charge in [0, 0.05) is 17.5 Å². The van der Waals surface area contributed by atoms with Crippen LogP contribution in [0.1, 0.15) is 44.9 Å². The van der Waals surface area contributed by atoms with Crippen LogP contribution in [0.2, 0.25) is 0 Å². The molecule has 0 radical (unpaired) electrons. The Morgan fingerprint density at radius 3 is 2.20 bits per heavy atom. The van der Waals surface area contributed by atoms with Gasteiger partial charge in [-0.15, -0.1) is 13.2 Å². The molecule has 8 nitrogen and oxygen atoms in total. The zero-order chi connectivity index (χ0) is 25.2. The summed E-state index contributed by atoms with van der Waals surface area (Å²) in [6.45, 7) is -0.367. The fourth-order valence-electron chi connectivity index (χ4n) is 6.66. The number of primary amides is 1. The van der Waals surface area contributed by atoms with Crippen molar-refractivity contribution in [3.63, 3.8) is 0 Å². The Hall–Kier alpha value is -2.34. The average molecular weight is 516 g/mol. The molecule has 35 heavy (non-hydrogen) atoms. The smallest absolute Gasteiger partial charge is 0.406 e. The molecule has 5 aliphatic rings. The van der Waals surface area contributed by atoms with Crippen LogP contribution in [0.4, 0.5) is 13.2 Å². The number of nitrogens with two attached hydrogens (primary N) is 1. The highest BCUT2D eigenvalue weighted by Crippen LogP contribution is 2.59. The molecule has 0 aromatic heterocycles. The molecule has 12 heteroatoms. The van der Waals surface area contributed by atoms with Crippen molar-refractivity contribution in [3.8, 4) is 5.75 Å². The third-order valence-corrected chi connectivity index (χ3v) is 9.95. The van der Waals surface area contributed by atoms with E-state index in [1.807, 2.05) is 0 Å². The highest BCUT2D eigenvalue weighted by Gasteiger charge is 2.58. The van der Waals surface area contributed by atoms with E-state index in [2.05, 4.69) is 10.1 Å². The monoisotopic (exact) mass is 515 g/mol. The number of carbonyl (C=O) groups excluding carboxylic acids is 2. The van der Waals surface area contributed by atoms with Crippen molar-refractivity contribution >= 4 is 21.8 Å². The molecule has 4 bridgehead atoms. The summed E-state index contributed by atoms with van der Waals surface area (Å²) in [6, 6.07) is 3.53. The molecule has 0 spiro atoms. The van der Waals surface area contributed by atoms with Crippen LogP contribution in [0.25, 0.3) is 0 Å². The Bertz CT molecular complexity index is 1100. The number of nitrogens with zero attached hydrogens (tertiary/aromatic N) is 1. The van der Waals surface area contributed by atoms with E-state index in [-0.39, 0.29) is 41.3 Å². The molecule has 0 heterocycles. The molecule has 5 aliphatic carbocycles. The van der Waals surface area contributed by atoms with Gasteiger partial charge in [-0.05, 0) is 87.0 Å². The number of carbonyl (C=O) groups is 2. The predicted octanol–water partition coefficient (Wildman–Crippen LogP) is 2.53. The van der Waals surface area contributed by atoms with Gasteiger partial charge in [0.05, 0.1) is 11.4 Å². The van der Waals surface area contributed by atoms with E-state index >= 15 is 0 Å². The molecule has 6 rings (SSSR count). The van der Waals surface area contributed by atoms with Gasteiger partial charge in [0.1, 0.15) is 5.75 Å². The SMILES string of the molecule is NC(=O)C12CC3CC(C1)C(NC(=O)CN(C1CC1)S(=O)(=O)c1ccc(OC(F)(F)F)cc1)C(C3)C2. The second kappa shape index (κ2) is 8.36. The second-order valence-electron chi connectivity index (χ2n) is 10.5. The minimum absolute atomic E-state index is 0.117. The summed E-state index contributed by atoms with van der Waals surface area (Å²) in [4.78, 5) is 25.0. The fraction of sp³-hybridized carbons (Fsp3) is 0.652. The third kappa shape index (κ3) is 4.74. The van der Waals surface area contributed by atoms with Crippen molar-refractivity contribution in [2.75, 3.05) is 6.54 Å². The molecule has 1 aromatic rings. The van der Waals surface area contributed by atoms with Gasteiger partial charge in [-0.1, -0.05) is 0 Å². The summed E-state index contributed by atoms with van der Waals surface area (Å²) in [7, 11) is -4.10. The largest absolute Gasteiger partial charge is 0.573 e. The minimum Gasteiger partial charge on any atom is -0.406 e. The summed E-state index contributed by atoms with van der Waals surface area (Å²) in [5.74, 6) is -0.485. The van der Waals surface area contributed by atoms with Gasteiger partial charge in [-0.25, -0.2) is 8.42 Å². The van der Waals surface area contributed by atoms with E-state index in [1.54, 1.807) is 0 Å². The Morgan fingerprint density at radius 2 is 1.69 bits per heavy atom. The van der Waals surface area contributed by atoms with Crippen molar-refractivity contribution in [2.24, 2.45) is 28.9 Å². The Balaban J connectivity index is 1.27. The predicted molar refractivity (Wildman–Crippen MR) is 117 cm³/mol. The molecule has 5 fully saturated rings. The summed E-state index contributed by atoms with van der Waals surface area (Å²) < 4.78 is 68.6. The number of alkyl halides is 3. The number of benzene rings is 1. The highest BCUT2D eigenvalue weighted by atomic mass is 32.2. The maximum atomic E-state index is 13.2. The first-order valence-corrected chi connectivity index (χ1v) is 13.3. The van der Waals surface area contributed by atoms with E-state index in [9.17, 15) is 31.2 Å². The number of rotatable bonds is 8. The van der Waals surface area contributed by atoms with Crippen LogP contribution < -0.4 is 15.8 Å². The van der Waals surface area contributed by atoms with Crippen molar-refractivity contribution in [3.05, 3.63) is 24.3 Å². The van der Waals surface area contributed by atoms with E-state index in [0.29, 0.717) is 31.6 Å². The van der Waals surface area contributed by atoms with E-state index < -0.39 is 33.5 Å². The Labute approximate surface area is 201 Å².